The van der Waals surface area contributed by atoms with Crippen LogP contribution in [0.2, 0.25) is 0 Å². The molecular weight excluding hydrogens is 178 g/mol. The second kappa shape index (κ2) is 3.37. The molecule has 0 aromatic carbocycles. The molecule has 0 N–H and O–H groups in total. The van der Waals surface area contributed by atoms with Gasteiger partial charge in [0.25, 0.3) is 0 Å². The summed E-state index contributed by atoms with van der Waals surface area (Å²) < 4.78 is 0. The zero-order valence-corrected chi connectivity index (χ0v) is 8.82. The maximum absolute atomic E-state index is 11.9. The van der Waals surface area contributed by atoms with Crippen LogP contribution in [0.4, 0.5) is 0 Å². The van der Waals surface area contributed by atoms with Gasteiger partial charge in [-0.25, -0.2) is 0 Å². The topological polar surface area (TPSA) is 37.4 Å². The highest BCUT2D eigenvalue weighted by atomic mass is 16.2. The van der Waals surface area contributed by atoms with Gasteiger partial charge in [0.1, 0.15) is 0 Å². The first kappa shape index (κ1) is 9.69. The van der Waals surface area contributed by atoms with E-state index in [1.807, 2.05) is 13.8 Å². The van der Waals surface area contributed by atoms with E-state index in [0.717, 1.165) is 12.8 Å². The maximum Gasteiger partial charge on any atom is 0.233 e. The quantitative estimate of drug-likeness (QED) is 0.627. The standard InChI is InChI=1S/C11H17NO2/c1-7(2)12-10(13)6-9(11(12)14)8-4-3-5-8/h7-9H,3-6H2,1-2H3. The van der Waals surface area contributed by atoms with Crippen molar-refractivity contribution in [3.8, 4) is 0 Å². The number of hydrogen-bond acceptors (Lipinski definition) is 2. The molecule has 1 aliphatic heterocycles. The highest BCUT2D eigenvalue weighted by Gasteiger charge is 2.45. The summed E-state index contributed by atoms with van der Waals surface area (Å²) in [4.78, 5) is 24.9. The zero-order chi connectivity index (χ0) is 10.3. The summed E-state index contributed by atoms with van der Waals surface area (Å²) in [7, 11) is 0. The van der Waals surface area contributed by atoms with Gasteiger partial charge in [-0.15, -0.1) is 0 Å². The number of rotatable bonds is 2. The number of likely N-dealkylation sites (tertiary alicyclic amines) is 1. The minimum absolute atomic E-state index is 0.0126. The van der Waals surface area contributed by atoms with Crippen molar-refractivity contribution in [1.29, 1.82) is 0 Å². The maximum atomic E-state index is 11.9. The van der Waals surface area contributed by atoms with Crippen LogP contribution in [0.1, 0.15) is 39.5 Å². The van der Waals surface area contributed by atoms with Gasteiger partial charge in [0.2, 0.25) is 11.8 Å². The van der Waals surface area contributed by atoms with Crippen LogP contribution in [0.15, 0.2) is 0 Å². The Hall–Kier alpha value is -0.860. The average molecular weight is 195 g/mol. The first-order valence-electron chi connectivity index (χ1n) is 5.47. The molecule has 1 unspecified atom stereocenters. The summed E-state index contributed by atoms with van der Waals surface area (Å²) in [6.45, 7) is 3.80. The Kier molecular flexibility index (Phi) is 2.33. The summed E-state index contributed by atoms with van der Waals surface area (Å²) in [5.74, 6) is 0.616. The SMILES string of the molecule is CC(C)N1C(=O)CC(C2CCC2)C1=O. The monoisotopic (exact) mass is 195 g/mol. The van der Waals surface area contributed by atoms with Crippen molar-refractivity contribution in [1.82, 2.24) is 4.90 Å². The molecule has 3 heteroatoms. The van der Waals surface area contributed by atoms with E-state index in [4.69, 9.17) is 0 Å². The lowest BCUT2D eigenvalue weighted by Gasteiger charge is -2.30. The highest BCUT2D eigenvalue weighted by molar-refractivity contribution is 6.04. The molecule has 0 bridgehead atoms. The molecule has 1 atom stereocenters. The van der Waals surface area contributed by atoms with E-state index in [1.54, 1.807) is 0 Å². The van der Waals surface area contributed by atoms with Crippen molar-refractivity contribution in [2.45, 2.75) is 45.6 Å². The Balaban J connectivity index is 2.10. The molecule has 1 saturated heterocycles. The average Bonchev–Trinajstić information content (AvgIpc) is 2.23. The van der Waals surface area contributed by atoms with E-state index < -0.39 is 0 Å². The fraction of sp³-hybridized carbons (Fsp3) is 0.818. The van der Waals surface area contributed by atoms with Crippen molar-refractivity contribution in [3.63, 3.8) is 0 Å². The number of carbonyl (C=O) groups excluding carboxylic acids is 2. The number of nitrogens with zero attached hydrogens (tertiary/aromatic N) is 1. The number of imide groups is 1. The highest BCUT2D eigenvalue weighted by Crippen LogP contribution is 2.39. The normalized spacial score (nSPS) is 28.8. The molecule has 2 amide bonds. The Labute approximate surface area is 84.5 Å². The minimum atomic E-state index is 0.0126. The van der Waals surface area contributed by atoms with Crippen molar-refractivity contribution < 1.29 is 9.59 Å². The Bertz CT molecular complexity index is 268. The van der Waals surface area contributed by atoms with E-state index in [1.165, 1.54) is 11.3 Å². The summed E-state index contributed by atoms with van der Waals surface area (Å²) in [6, 6.07) is 0.0278. The Morgan fingerprint density at radius 3 is 2.29 bits per heavy atom. The molecular formula is C11H17NO2. The number of carbonyl (C=O) groups is 2. The van der Waals surface area contributed by atoms with Crippen LogP contribution in [-0.4, -0.2) is 22.8 Å². The van der Waals surface area contributed by atoms with E-state index in [2.05, 4.69) is 0 Å². The van der Waals surface area contributed by atoms with E-state index in [-0.39, 0.29) is 23.8 Å². The van der Waals surface area contributed by atoms with Crippen LogP contribution in [-0.2, 0) is 9.59 Å². The molecule has 3 nitrogen and oxygen atoms in total. The van der Waals surface area contributed by atoms with Gasteiger partial charge >= 0.3 is 0 Å². The predicted molar refractivity (Wildman–Crippen MR) is 52.4 cm³/mol. The first-order valence-corrected chi connectivity index (χ1v) is 5.47. The van der Waals surface area contributed by atoms with Crippen molar-refractivity contribution in [3.05, 3.63) is 0 Å². The molecule has 78 valence electrons. The fourth-order valence-corrected chi connectivity index (χ4v) is 2.43. The Morgan fingerprint density at radius 2 is 1.93 bits per heavy atom. The van der Waals surface area contributed by atoms with E-state index in [0.29, 0.717) is 12.3 Å². The molecule has 1 saturated carbocycles. The molecule has 14 heavy (non-hydrogen) atoms. The number of amides is 2. The van der Waals surface area contributed by atoms with Crippen LogP contribution in [0.3, 0.4) is 0 Å². The second-order valence-corrected chi connectivity index (χ2v) is 4.70. The van der Waals surface area contributed by atoms with Crippen LogP contribution in [0.5, 0.6) is 0 Å². The van der Waals surface area contributed by atoms with Gasteiger partial charge in [-0.2, -0.15) is 0 Å². The van der Waals surface area contributed by atoms with E-state index in [9.17, 15) is 9.59 Å². The summed E-state index contributed by atoms with van der Waals surface area (Å²) in [5.41, 5.74) is 0. The molecule has 1 aliphatic carbocycles. The Morgan fingerprint density at radius 1 is 1.29 bits per heavy atom. The van der Waals surface area contributed by atoms with Crippen LogP contribution in [0.25, 0.3) is 0 Å². The van der Waals surface area contributed by atoms with Crippen LogP contribution in [0, 0.1) is 11.8 Å². The zero-order valence-electron chi connectivity index (χ0n) is 8.82. The molecule has 2 rings (SSSR count). The lowest BCUT2D eigenvalue weighted by molar-refractivity contribution is -0.142. The molecule has 0 spiro atoms. The third-order valence-electron chi connectivity index (χ3n) is 3.45. The smallest absolute Gasteiger partial charge is 0.233 e. The van der Waals surface area contributed by atoms with Gasteiger partial charge in [-0.05, 0) is 32.6 Å². The molecule has 2 aliphatic rings. The van der Waals surface area contributed by atoms with Crippen molar-refractivity contribution in [2.24, 2.45) is 11.8 Å². The first-order chi connectivity index (χ1) is 6.61. The fourth-order valence-electron chi connectivity index (χ4n) is 2.43. The number of hydrogen-bond donors (Lipinski definition) is 0. The molecule has 1 heterocycles. The lowest BCUT2D eigenvalue weighted by atomic mass is 9.75. The molecule has 0 radical (unpaired) electrons. The lowest BCUT2D eigenvalue weighted by Crippen LogP contribution is -2.38. The molecule has 0 aromatic rings. The molecule has 0 aromatic heterocycles. The predicted octanol–water partition coefficient (Wildman–Crippen LogP) is 1.57. The van der Waals surface area contributed by atoms with Crippen molar-refractivity contribution in [2.75, 3.05) is 0 Å². The summed E-state index contributed by atoms with van der Waals surface area (Å²) in [5, 5.41) is 0. The van der Waals surface area contributed by atoms with Crippen LogP contribution < -0.4 is 0 Å². The van der Waals surface area contributed by atoms with E-state index >= 15 is 0 Å². The van der Waals surface area contributed by atoms with Crippen molar-refractivity contribution >= 4 is 11.8 Å². The molecule has 2 fully saturated rings. The van der Waals surface area contributed by atoms with Gasteiger partial charge in [0.15, 0.2) is 0 Å². The van der Waals surface area contributed by atoms with Gasteiger partial charge in [0, 0.05) is 12.5 Å². The largest absolute Gasteiger partial charge is 0.280 e. The van der Waals surface area contributed by atoms with Gasteiger partial charge < -0.3 is 0 Å². The summed E-state index contributed by atoms with van der Waals surface area (Å²) >= 11 is 0. The van der Waals surface area contributed by atoms with Gasteiger partial charge in [-0.1, -0.05) is 6.42 Å². The third-order valence-corrected chi connectivity index (χ3v) is 3.45. The minimum Gasteiger partial charge on any atom is -0.280 e. The van der Waals surface area contributed by atoms with Crippen LogP contribution >= 0.6 is 0 Å². The van der Waals surface area contributed by atoms with Gasteiger partial charge in [-0.3, -0.25) is 14.5 Å². The summed E-state index contributed by atoms with van der Waals surface area (Å²) in [6.07, 6.45) is 3.96. The third kappa shape index (κ3) is 1.35. The second-order valence-electron chi connectivity index (χ2n) is 4.70. The van der Waals surface area contributed by atoms with Gasteiger partial charge in [0.05, 0.1) is 5.92 Å².